The minimum absolute atomic E-state index is 0.0234. The van der Waals surface area contributed by atoms with Crippen molar-refractivity contribution in [1.29, 1.82) is 0 Å². The Hall–Kier alpha value is -1.12. The SMILES string of the molecule is O=C1NC(=O)[C@H]2[C@H]3C=C[C@@H]([C@H]4C[C@@H]34)[C@@H]12. The van der Waals surface area contributed by atoms with Crippen LogP contribution in [0.4, 0.5) is 0 Å². The first-order valence-corrected chi connectivity index (χ1v) is 5.30. The highest BCUT2D eigenvalue weighted by atomic mass is 16.2. The summed E-state index contributed by atoms with van der Waals surface area (Å²) in [6.07, 6.45) is 5.59. The van der Waals surface area contributed by atoms with Crippen molar-refractivity contribution in [1.82, 2.24) is 5.32 Å². The van der Waals surface area contributed by atoms with Crippen molar-refractivity contribution in [2.75, 3.05) is 0 Å². The van der Waals surface area contributed by atoms with Crippen molar-refractivity contribution in [3.8, 4) is 0 Å². The number of imide groups is 1. The number of allylic oxidation sites excluding steroid dienone is 2. The van der Waals surface area contributed by atoms with E-state index in [1.165, 1.54) is 6.42 Å². The van der Waals surface area contributed by atoms with Crippen LogP contribution in [0.15, 0.2) is 12.2 Å². The fraction of sp³-hybridized carbons (Fsp3) is 0.636. The second kappa shape index (κ2) is 1.95. The van der Waals surface area contributed by atoms with Crippen molar-refractivity contribution >= 4 is 11.8 Å². The van der Waals surface area contributed by atoms with E-state index in [2.05, 4.69) is 17.5 Å². The van der Waals surface area contributed by atoms with Crippen LogP contribution in [-0.2, 0) is 9.59 Å². The Bertz CT molecular complexity index is 353. The Labute approximate surface area is 81.5 Å². The molecule has 3 fully saturated rings. The molecule has 1 saturated heterocycles. The fourth-order valence-corrected chi connectivity index (χ4v) is 3.88. The van der Waals surface area contributed by atoms with E-state index in [1.807, 2.05) is 0 Å². The summed E-state index contributed by atoms with van der Waals surface area (Å²) in [5, 5.41) is 2.48. The van der Waals surface area contributed by atoms with E-state index in [9.17, 15) is 9.59 Å². The van der Waals surface area contributed by atoms with E-state index in [1.54, 1.807) is 0 Å². The highest BCUT2D eigenvalue weighted by Crippen LogP contribution is 2.64. The molecule has 0 aromatic carbocycles. The summed E-state index contributed by atoms with van der Waals surface area (Å²) in [6, 6.07) is 0. The van der Waals surface area contributed by atoms with Gasteiger partial charge in [-0.1, -0.05) is 12.2 Å². The molecule has 72 valence electrons. The molecule has 2 amide bonds. The van der Waals surface area contributed by atoms with Gasteiger partial charge >= 0.3 is 0 Å². The van der Waals surface area contributed by atoms with Crippen LogP contribution in [0.25, 0.3) is 0 Å². The van der Waals surface area contributed by atoms with Gasteiger partial charge in [0.15, 0.2) is 0 Å². The Morgan fingerprint density at radius 3 is 2.00 bits per heavy atom. The molecule has 5 aliphatic rings. The topological polar surface area (TPSA) is 46.2 Å². The van der Waals surface area contributed by atoms with Crippen molar-refractivity contribution in [2.24, 2.45) is 35.5 Å². The van der Waals surface area contributed by atoms with Gasteiger partial charge in [0, 0.05) is 0 Å². The van der Waals surface area contributed by atoms with E-state index in [-0.39, 0.29) is 23.7 Å². The first-order chi connectivity index (χ1) is 6.77. The molecule has 2 bridgehead atoms. The van der Waals surface area contributed by atoms with Gasteiger partial charge in [0.25, 0.3) is 0 Å². The summed E-state index contributed by atoms with van der Waals surface area (Å²) >= 11 is 0. The molecule has 0 aromatic rings. The van der Waals surface area contributed by atoms with Crippen LogP contribution in [0.1, 0.15) is 6.42 Å². The molecule has 0 spiro atoms. The lowest BCUT2D eigenvalue weighted by atomic mass is 9.63. The Balaban J connectivity index is 1.88. The van der Waals surface area contributed by atoms with Crippen LogP contribution in [0.5, 0.6) is 0 Å². The molecule has 0 radical (unpaired) electrons. The number of carbonyl (C=O) groups is 2. The molecule has 5 rings (SSSR count). The summed E-state index contributed by atoms with van der Waals surface area (Å²) in [7, 11) is 0. The summed E-state index contributed by atoms with van der Waals surface area (Å²) in [5.74, 6) is 2.05. The van der Waals surface area contributed by atoms with Gasteiger partial charge in [0.2, 0.25) is 11.8 Å². The van der Waals surface area contributed by atoms with Gasteiger partial charge < -0.3 is 0 Å². The second-order valence-electron chi connectivity index (χ2n) is 5.01. The van der Waals surface area contributed by atoms with Gasteiger partial charge in [0.1, 0.15) is 0 Å². The molecule has 14 heavy (non-hydrogen) atoms. The van der Waals surface area contributed by atoms with E-state index in [4.69, 9.17) is 0 Å². The van der Waals surface area contributed by atoms with Gasteiger partial charge in [0.05, 0.1) is 11.8 Å². The largest absolute Gasteiger partial charge is 0.296 e. The summed E-state index contributed by atoms with van der Waals surface area (Å²) in [6.45, 7) is 0. The van der Waals surface area contributed by atoms with Crippen LogP contribution in [0.3, 0.4) is 0 Å². The zero-order chi connectivity index (χ0) is 9.45. The maximum atomic E-state index is 11.6. The fourth-order valence-electron chi connectivity index (χ4n) is 3.88. The number of hydrogen-bond acceptors (Lipinski definition) is 2. The monoisotopic (exact) mass is 189 g/mol. The van der Waals surface area contributed by atoms with Gasteiger partial charge in [-0.2, -0.15) is 0 Å². The third kappa shape index (κ3) is 0.606. The van der Waals surface area contributed by atoms with Crippen LogP contribution < -0.4 is 5.32 Å². The predicted octanol–water partition coefficient (Wildman–Crippen LogP) is 0.327. The molecule has 0 aromatic heterocycles. The van der Waals surface area contributed by atoms with E-state index in [0.717, 1.165) is 0 Å². The van der Waals surface area contributed by atoms with Crippen LogP contribution in [-0.4, -0.2) is 11.8 Å². The zero-order valence-corrected chi connectivity index (χ0v) is 7.64. The Kier molecular flexibility index (Phi) is 1.00. The molecule has 3 heteroatoms. The highest BCUT2D eigenvalue weighted by molar-refractivity contribution is 6.06. The minimum atomic E-state index is -0.0266. The Morgan fingerprint density at radius 2 is 1.50 bits per heavy atom. The lowest BCUT2D eigenvalue weighted by Crippen LogP contribution is -2.40. The molecular formula is C11H11NO2. The van der Waals surface area contributed by atoms with Gasteiger partial charge in [-0.3, -0.25) is 14.9 Å². The average Bonchev–Trinajstić information content (AvgIpc) is 2.92. The quantitative estimate of drug-likeness (QED) is 0.441. The van der Waals surface area contributed by atoms with Crippen LogP contribution >= 0.6 is 0 Å². The molecule has 4 aliphatic carbocycles. The van der Waals surface area contributed by atoms with Crippen LogP contribution in [0, 0.1) is 35.5 Å². The summed E-state index contributed by atoms with van der Waals surface area (Å²) < 4.78 is 0. The third-order valence-corrected chi connectivity index (χ3v) is 4.50. The normalized spacial score (nSPS) is 56.9. The van der Waals surface area contributed by atoms with E-state index >= 15 is 0 Å². The number of amides is 2. The molecular weight excluding hydrogens is 178 g/mol. The number of hydrogen-bond donors (Lipinski definition) is 1. The molecule has 1 N–H and O–H groups in total. The number of carbonyl (C=O) groups excluding carboxylic acids is 2. The second-order valence-corrected chi connectivity index (χ2v) is 5.01. The number of rotatable bonds is 0. The lowest BCUT2D eigenvalue weighted by Gasteiger charge is -2.37. The first kappa shape index (κ1) is 7.21. The van der Waals surface area contributed by atoms with Crippen molar-refractivity contribution in [3.05, 3.63) is 12.2 Å². The maximum Gasteiger partial charge on any atom is 0.231 e. The zero-order valence-electron chi connectivity index (χ0n) is 7.64. The van der Waals surface area contributed by atoms with Gasteiger partial charge in [-0.15, -0.1) is 0 Å². The van der Waals surface area contributed by atoms with Gasteiger partial charge in [-0.05, 0) is 30.1 Å². The molecule has 2 saturated carbocycles. The van der Waals surface area contributed by atoms with Gasteiger partial charge in [-0.25, -0.2) is 0 Å². The summed E-state index contributed by atoms with van der Waals surface area (Å²) in [4.78, 5) is 23.2. The third-order valence-electron chi connectivity index (χ3n) is 4.50. The minimum Gasteiger partial charge on any atom is -0.296 e. The van der Waals surface area contributed by atoms with Crippen molar-refractivity contribution in [3.63, 3.8) is 0 Å². The highest BCUT2D eigenvalue weighted by Gasteiger charge is 2.65. The smallest absolute Gasteiger partial charge is 0.231 e. The standard InChI is InChI=1S/C11H11NO2/c13-10-8-4-1-2-5(7-3-6(4)7)9(8)11(14)12-10/h1-2,4-9H,3H2,(H,12,13,14)/t4-,5-,6-,7+,8-,9+/m0/s1. The van der Waals surface area contributed by atoms with E-state index in [0.29, 0.717) is 23.7 Å². The maximum absolute atomic E-state index is 11.6. The molecule has 1 aliphatic heterocycles. The van der Waals surface area contributed by atoms with Crippen molar-refractivity contribution in [2.45, 2.75) is 6.42 Å². The number of nitrogens with one attached hydrogen (secondary N) is 1. The predicted molar refractivity (Wildman–Crippen MR) is 47.8 cm³/mol. The van der Waals surface area contributed by atoms with E-state index < -0.39 is 0 Å². The van der Waals surface area contributed by atoms with Crippen LogP contribution in [0.2, 0.25) is 0 Å². The molecule has 6 atom stereocenters. The average molecular weight is 189 g/mol. The molecule has 1 heterocycles. The lowest BCUT2D eigenvalue weighted by molar-refractivity contribution is -0.126. The molecule has 3 nitrogen and oxygen atoms in total. The summed E-state index contributed by atoms with van der Waals surface area (Å²) in [5.41, 5.74) is 0. The van der Waals surface area contributed by atoms with Crippen molar-refractivity contribution < 1.29 is 9.59 Å². The molecule has 0 unspecified atom stereocenters. The Morgan fingerprint density at radius 1 is 1.00 bits per heavy atom. The first-order valence-electron chi connectivity index (χ1n) is 5.30.